The van der Waals surface area contributed by atoms with Crippen molar-refractivity contribution in [2.24, 2.45) is 0 Å². The molecule has 100 valence electrons. The summed E-state index contributed by atoms with van der Waals surface area (Å²) in [5, 5.41) is 0. The van der Waals surface area contributed by atoms with Crippen LogP contribution in [0.5, 0.6) is 0 Å². The van der Waals surface area contributed by atoms with Crippen LogP contribution in [0.1, 0.15) is 68.4 Å². The molecule has 0 aliphatic heterocycles. The van der Waals surface area contributed by atoms with E-state index in [0.29, 0.717) is 11.7 Å². The third-order valence-corrected chi connectivity index (χ3v) is 4.49. The Morgan fingerprint density at radius 2 is 1.68 bits per heavy atom. The topological polar surface area (TPSA) is 17.1 Å². The van der Waals surface area contributed by atoms with Crippen LogP contribution in [0.4, 0.5) is 0 Å². The highest BCUT2D eigenvalue weighted by molar-refractivity contribution is 5.79. The van der Waals surface area contributed by atoms with Crippen molar-refractivity contribution in [2.75, 3.05) is 0 Å². The van der Waals surface area contributed by atoms with Crippen LogP contribution in [-0.4, -0.2) is 5.78 Å². The second-order valence-electron chi connectivity index (χ2n) is 5.88. The maximum Gasteiger partial charge on any atom is 0.132 e. The summed E-state index contributed by atoms with van der Waals surface area (Å²) in [4.78, 5) is 11.9. The molecule has 0 heterocycles. The first-order valence-corrected chi connectivity index (χ1v) is 7.66. The van der Waals surface area contributed by atoms with Crippen molar-refractivity contribution < 1.29 is 4.79 Å². The number of benzene rings is 1. The molecule has 1 heteroatoms. The first-order valence-electron chi connectivity index (χ1n) is 7.66. The molecule has 0 fully saturated rings. The summed E-state index contributed by atoms with van der Waals surface area (Å²) in [6, 6.07) is 8.76. The molecule has 0 amide bonds. The number of hydrogen-bond acceptors (Lipinski definition) is 1. The lowest BCUT2D eigenvalue weighted by Gasteiger charge is -2.10. The summed E-state index contributed by atoms with van der Waals surface area (Å²) in [7, 11) is 0. The van der Waals surface area contributed by atoms with E-state index in [0.717, 1.165) is 25.7 Å². The van der Waals surface area contributed by atoms with Gasteiger partial charge in [-0.15, -0.1) is 0 Å². The zero-order chi connectivity index (χ0) is 13.1. The molecular weight excluding hydrogens is 232 g/mol. The number of rotatable bonds is 0. The summed E-state index contributed by atoms with van der Waals surface area (Å²) in [5.41, 5.74) is 4.41. The van der Waals surface area contributed by atoms with Gasteiger partial charge in [-0.05, 0) is 42.4 Å². The molecule has 3 rings (SSSR count). The summed E-state index contributed by atoms with van der Waals surface area (Å²) in [6.45, 7) is 0. The Morgan fingerprint density at radius 1 is 0.895 bits per heavy atom. The summed E-state index contributed by atoms with van der Waals surface area (Å²) < 4.78 is 0. The minimum atomic E-state index is 0.458. The zero-order valence-electron chi connectivity index (χ0n) is 11.5. The van der Waals surface area contributed by atoms with E-state index in [9.17, 15) is 4.79 Å². The van der Waals surface area contributed by atoms with Crippen molar-refractivity contribution in [1.82, 2.24) is 0 Å². The molecule has 2 bridgehead atoms. The van der Waals surface area contributed by atoms with Gasteiger partial charge in [0.1, 0.15) is 5.78 Å². The zero-order valence-corrected chi connectivity index (χ0v) is 11.5. The molecule has 19 heavy (non-hydrogen) atoms. The van der Waals surface area contributed by atoms with Crippen LogP contribution in [0.2, 0.25) is 0 Å². The highest BCUT2D eigenvalue weighted by Gasteiger charge is 2.23. The fraction of sp³-hybridized carbons (Fsp3) is 0.500. The van der Waals surface area contributed by atoms with Crippen LogP contribution >= 0.6 is 0 Å². The highest BCUT2D eigenvalue weighted by atomic mass is 16.1. The van der Waals surface area contributed by atoms with Crippen molar-refractivity contribution in [1.29, 1.82) is 0 Å². The number of Topliss-reactive ketones (excluding diaryl/α,β-unsaturated/α-hetero) is 1. The lowest BCUT2D eigenvalue weighted by atomic mass is 9.94. The van der Waals surface area contributed by atoms with Gasteiger partial charge in [0.15, 0.2) is 0 Å². The quantitative estimate of drug-likeness (QED) is 0.645. The van der Waals surface area contributed by atoms with Gasteiger partial charge in [-0.1, -0.05) is 43.2 Å². The number of carbonyl (C=O) groups excluding carboxylic acids is 1. The minimum Gasteiger partial charge on any atom is -0.300 e. The molecule has 1 atom stereocenters. The standard InChI is InChI=1S/C18H22O/c19-16-8-4-2-1-3-7-14-13-15(11-12-16)18-10-6-5-9-17(14)18/h5-6,9-10,13,15H,1-4,7-8,11-12H2. The van der Waals surface area contributed by atoms with E-state index in [1.165, 1.54) is 42.4 Å². The van der Waals surface area contributed by atoms with Crippen LogP contribution in [0.3, 0.4) is 0 Å². The van der Waals surface area contributed by atoms with Crippen molar-refractivity contribution in [3.63, 3.8) is 0 Å². The van der Waals surface area contributed by atoms with E-state index in [4.69, 9.17) is 0 Å². The van der Waals surface area contributed by atoms with Crippen LogP contribution < -0.4 is 0 Å². The SMILES string of the molecule is O=C1CCCCCCC2=CC(CC1)c1ccccc12. The maximum atomic E-state index is 11.9. The molecule has 2 aliphatic rings. The van der Waals surface area contributed by atoms with Gasteiger partial charge < -0.3 is 0 Å². The van der Waals surface area contributed by atoms with E-state index in [1.54, 1.807) is 0 Å². The van der Waals surface area contributed by atoms with Gasteiger partial charge in [-0.3, -0.25) is 4.79 Å². The summed E-state index contributed by atoms with van der Waals surface area (Å²) in [6.07, 6.45) is 11.0. The highest BCUT2D eigenvalue weighted by Crippen LogP contribution is 2.40. The number of fused-ring (bicyclic) bond motifs is 4. The van der Waals surface area contributed by atoms with Gasteiger partial charge >= 0.3 is 0 Å². The molecule has 0 radical (unpaired) electrons. The van der Waals surface area contributed by atoms with Gasteiger partial charge in [0.25, 0.3) is 0 Å². The van der Waals surface area contributed by atoms with Gasteiger partial charge in [0, 0.05) is 18.8 Å². The van der Waals surface area contributed by atoms with E-state index < -0.39 is 0 Å². The lowest BCUT2D eigenvalue weighted by molar-refractivity contribution is -0.119. The molecular formula is C18H22O. The molecule has 0 N–H and O–H groups in total. The fourth-order valence-corrected chi connectivity index (χ4v) is 3.42. The monoisotopic (exact) mass is 254 g/mol. The number of allylic oxidation sites excluding steroid dienone is 2. The molecule has 0 saturated carbocycles. The Balaban J connectivity index is 1.84. The second kappa shape index (κ2) is 5.73. The van der Waals surface area contributed by atoms with E-state index in [2.05, 4.69) is 30.3 Å². The number of carbonyl (C=O) groups is 1. The van der Waals surface area contributed by atoms with Crippen LogP contribution in [0, 0.1) is 0 Å². The average molecular weight is 254 g/mol. The smallest absolute Gasteiger partial charge is 0.132 e. The fourth-order valence-electron chi connectivity index (χ4n) is 3.42. The Morgan fingerprint density at radius 3 is 2.58 bits per heavy atom. The van der Waals surface area contributed by atoms with Crippen molar-refractivity contribution in [2.45, 2.75) is 57.3 Å². The van der Waals surface area contributed by atoms with Crippen molar-refractivity contribution in [3.8, 4) is 0 Å². The Labute approximate surface area is 115 Å². The van der Waals surface area contributed by atoms with Gasteiger partial charge in [-0.25, -0.2) is 0 Å². The Kier molecular flexibility index (Phi) is 3.82. The molecule has 1 unspecified atom stereocenters. The van der Waals surface area contributed by atoms with Crippen molar-refractivity contribution >= 4 is 11.4 Å². The van der Waals surface area contributed by atoms with E-state index >= 15 is 0 Å². The predicted molar refractivity (Wildman–Crippen MR) is 79.1 cm³/mol. The number of ketones is 1. The summed E-state index contributed by atoms with van der Waals surface area (Å²) in [5.74, 6) is 0.939. The summed E-state index contributed by atoms with van der Waals surface area (Å²) >= 11 is 0. The Bertz CT molecular complexity index is 498. The molecule has 1 nitrogen and oxygen atoms in total. The number of hydrogen-bond donors (Lipinski definition) is 0. The van der Waals surface area contributed by atoms with Crippen LogP contribution in [-0.2, 0) is 4.79 Å². The first-order chi connectivity index (χ1) is 9.34. The van der Waals surface area contributed by atoms with Gasteiger partial charge in [-0.2, -0.15) is 0 Å². The second-order valence-corrected chi connectivity index (χ2v) is 5.88. The minimum absolute atomic E-state index is 0.458. The molecule has 1 aromatic carbocycles. The van der Waals surface area contributed by atoms with Gasteiger partial charge in [0.05, 0.1) is 0 Å². The van der Waals surface area contributed by atoms with Gasteiger partial charge in [0.2, 0.25) is 0 Å². The third kappa shape index (κ3) is 2.80. The van der Waals surface area contributed by atoms with E-state index in [-0.39, 0.29) is 0 Å². The van der Waals surface area contributed by atoms with Crippen LogP contribution in [0.25, 0.3) is 5.57 Å². The maximum absolute atomic E-state index is 11.9. The predicted octanol–water partition coefficient (Wildman–Crippen LogP) is 4.87. The first kappa shape index (κ1) is 12.7. The lowest BCUT2D eigenvalue weighted by Crippen LogP contribution is -2.01. The molecule has 0 spiro atoms. The third-order valence-electron chi connectivity index (χ3n) is 4.49. The Hall–Kier alpha value is -1.37. The molecule has 2 aliphatic carbocycles. The largest absolute Gasteiger partial charge is 0.300 e. The average Bonchev–Trinajstić information content (AvgIpc) is 2.78. The normalized spacial score (nSPS) is 24.1. The van der Waals surface area contributed by atoms with Crippen molar-refractivity contribution in [3.05, 3.63) is 41.5 Å². The molecule has 0 saturated heterocycles. The molecule has 1 aromatic rings. The molecule has 0 aromatic heterocycles. The van der Waals surface area contributed by atoms with Crippen LogP contribution in [0.15, 0.2) is 30.3 Å². The van der Waals surface area contributed by atoms with E-state index in [1.807, 2.05) is 0 Å².